The Hall–Kier alpha value is -1.97. The summed E-state index contributed by atoms with van der Waals surface area (Å²) in [5, 5.41) is 6.22. The van der Waals surface area contributed by atoms with Crippen molar-refractivity contribution in [2.24, 2.45) is 0 Å². The van der Waals surface area contributed by atoms with Gasteiger partial charge < -0.3 is 15.4 Å². The molecule has 0 saturated heterocycles. The Morgan fingerprint density at radius 1 is 0.966 bits per heavy atom. The Bertz CT molecular complexity index is 572. The number of anilines is 1. The molecule has 0 aromatic heterocycles. The van der Waals surface area contributed by atoms with E-state index in [2.05, 4.69) is 24.1 Å². The molecule has 0 fully saturated rings. The van der Waals surface area contributed by atoms with Gasteiger partial charge in [0.2, 0.25) is 0 Å². The van der Waals surface area contributed by atoms with Gasteiger partial charge in [0.25, 0.3) is 5.91 Å². The van der Waals surface area contributed by atoms with Gasteiger partial charge in [-0.2, -0.15) is 0 Å². The molecule has 1 aromatic carbocycles. The maximum atomic E-state index is 12.1. The fourth-order valence-corrected chi connectivity index (χ4v) is 3.45. The zero-order valence-corrected chi connectivity index (χ0v) is 18.7. The molecular weight excluding hydrogens is 360 g/mol. The van der Waals surface area contributed by atoms with Crippen molar-refractivity contribution in [2.45, 2.75) is 84.0 Å². The van der Waals surface area contributed by atoms with Gasteiger partial charge in [0, 0.05) is 24.8 Å². The van der Waals surface area contributed by atoms with Crippen LogP contribution in [0, 0.1) is 0 Å². The first-order valence-corrected chi connectivity index (χ1v) is 11.5. The summed E-state index contributed by atoms with van der Waals surface area (Å²) in [6.07, 6.45) is 18.0. The Morgan fingerprint density at radius 2 is 1.55 bits per heavy atom. The van der Waals surface area contributed by atoms with Crippen molar-refractivity contribution in [3.8, 4) is 5.75 Å². The number of carbonyl (C=O) groups excluding carboxylic acids is 1. The first kappa shape index (κ1) is 25.1. The molecule has 2 N–H and O–H groups in total. The summed E-state index contributed by atoms with van der Waals surface area (Å²) in [5.74, 6) is 0.445. The fraction of sp³-hybridized carbons (Fsp3) is 0.640. The number of unbranched alkanes of at least 4 members (excludes halogenated alkanes) is 11. The topological polar surface area (TPSA) is 50.4 Å². The molecule has 0 aliphatic rings. The van der Waals surface area contributed by atoms with E-state index < -0.39 is 0 Å². The van der Waals surface area contributed by atoms with E-state index in [0.29, 0.717) is 17.9 Å². The quantitative estimate of drug-likeness (QED) is 0.211. The van der Waals surface area contributed by atoms with E-state index in [9.17, 15) is 4.79 Å². The molecule has 0 aliphatic heterocycles. The summed E-state index contributed by atoms with van der Waals surface area (Å²) < 4.78 is 5.38. The fourth-order valence-electron chi connectivity index (χ4n) is 3.45. The minimum atomic E-state index is -0.144. The molecule has 164 valence electrons. The summed E-state index contributed by atoms with van der Waals surface area (Å²) in [7, 11) is 1.59. The Balaban J connectivity index is 2.12. The van der Waals surface area contributed by atoms with Crippen LogP contribution in [0.3, 0.4) is 0 Å². The first-order chi connectivity index (χ1) is 14.2. The molecule has 1 amide bonds. The highest BCUT2D eigenvalue weighted by Gasteiger charge is 2.11. The summed E-state index contributed by atoms with van der Waals surface area (Å²) in [6, 6.07) is 5.64. The number of amides is 1. The van der Waals surface area contributed by atoms with E-state index in [-0.39, 0.29) is 5.91 Å². The SMILES string of the molecule is C=CCNC(=O)c1ccc(NCCCCCCCCCCCCCC)cc1OC. The van der Waals surface area contributed by atoms with Crippen LogP contribution < -0.4 is 15.4 Å². The van der Waals surface area contributed by atoms with Gasteiger partial charge in [0.15, 0.2) is 0 Å². The van der Waals surface area contributed by atoms with Gasteiger partial charge in [0.05, 0.1) is 12.7 Å². The van der Waals surface area contributed by atoms with Crippen molar-refractivity contribution < 1.29 is 9.53 Å². The zero-order chi connectivity index (χ0) is 21.2. The van der Waals surface area contributed by atoms with Crippen LogP contribution in [-0.2, 0) is 0 Å². The average molecular weight is 403 g/mol. The number of methoxy groups -OCH3 is 1. The third kappa shape index (κ3) is 11.6. The third-order valence-electron chi connectivity index (χ3n) is 5.21. The predicted molar refractivity (Wildman–Crippen MR) is 125 cm³/mol. The molecule has 0 bridgehead atoms. The normalized spacial score (nSPS) is 10.6. The van der Waals surface area contributed by atoms with E-state index >= 15 is 0 Å². The average Bonchev–Trinajstić information content (AvgIpc) is 2.75. The van der Waals surface area contributed by atoms with Gasteiger partial charge >= 0.3 is 0 Å². The van der Waals surface area contributed by atoms with E-state index in [0.717, 1.165) is 12.2 Å². The number of rotatable bonds is 18. The molecule has 29 heavy (non-hydrogen) atoms. The smallest absolute Gasteiger partial charge is 0.255 e. The van der Waals surface area contributed by atoms with Gasteiger partial charge in [-0.3, -0.25) is 4.79 Å². The highest BCUT2D eigenvalue weighted by atomic mass is 16.5. The molecule has 0 atom stereocenters. The maximum absolute atomic E-state index is 12.1. The van der Waals surface area contributed by atoms with E-state index in [1.165, 1.54) is 77.0 Å². The van der Waals surface area contributed by atoms with Crippen LogP contribution in [0.1, 0.15) is 94.3 Å². The molecular formula is C25H42N2O2. The first-order valence-electron chi connectivity index (χ1n) is 11.5. The number of ether oxygens (including phenoxy) is 1. The minimum Gasteiger partial charge on any atom is -0.496 e. The summed E-state index contributed by atoms with van der Waals surface area (Å²) in [4.78, 5) is 12.1. The lowest BCUT2D eigenvalue weighted by Gasteiger charge is -2.12. The molecule has 4 nitrogen and oxygen atoms in total. The Kier molecular flexibility index (Phi) is 14.6. The van der Waals surface area contributed by atoms with E-state index in [1.54, 1.807) is 13.2 Å². The van der Waals surface area contributed by atoms with Crippen LogP contribution in [0.5, 0.6) is 5.75 Å². The van der Waals surface area contributed by atoms with E-state index in [4.69, 9.17) is 4.74 Å². The van der Waals surface area contributed by atoms with Crippen molar-refractivity contribution >= 4 is 11.6 Å². The van der Waals surface area contributed by atoms with Crippen molar-refractivity contribution in [1.82, 2.24) is 5.32 Å². The second-order valence-corrected chi connectivity index (χ2v) is 7.73. The number of hydrogen-bond acceptors (Lipinski definition) is 3. The lowest BCUT2D eigenvalue weighted by Crippen LogP contribution is -2.23. The maximum Gasteiger partial charge on any atom is 0.255 e. The minimum absolute atomic E-state index is 0.144. The second kappa shape index (κ2) is 16.9. The van der Waals surface area contributed by atoms with Crippen LogP contribution in [0.15, 0.2) is 30.9 Å². The molecule has 0 aliphatic carbocycles. The second-order valence-electron chi connectivity index (χ2n) is 7.73. The van der Waals surface area contributed by atoms with E-state index in [1.807, 2.05) is 18.2 Å². The molecule has 1 rings (SSSR count). The summed E-state index contributed by atoms with van der Waals surface area (Å²) in [6.45, 7) is 7.28. The Labute approximate surface area is 178 Å². The highest BCUT2D eigenvalue weighted by molar-refractivity contribution is 5.97. The lowest BCUT2D eigenvalue weighted by atomic mass is 10.1. The van der Waals surface area contributed by atoms with Crippen LogP contribution in [0.4, 0.5) is 5.69 Å². The Morgan fingerprint density at radius 3 is 2.10 bits per heavy atom. The van der Waals surface area contributed by atoms with Gasteiger partial charge in [-0.15, -0.1) is 6.58 Å². The number of nitrogens with one attached hydrogen (secondary N) is 2. The van der Waals surface area contributed by atoms with Crippen LogP contribution in [0.25, 0.3) is 0 Å². The molecule has 0 heterocycles. The molecule has 4 heteroatoms. The molecule has 1 aromatic rings. The number of carbonyl (C=O) groups is 1. The monoisotopic (exact) mass is 402 g/mol. The van der Waals surface area contributed by atoms with Crippen LogP contribution in [0.2, 0.25) is 0 Å². The zero-order valence-electron chi connectivity index (χ0n) is 18.7. The molecule has 0 unspecified atom stereocenters. The highest BCUT2D eigenvalue weighted by Crippen LogP contribution is 2.23. The van der Waals surface area contributed by atoms with Crippen molar-refractivity contribution in [2.75, 3.05) is 25.5 Å². The van der Waals surface area contributed by atoms with Gasteiger partial charge in [0.1, 0.15) is 5.75 Å². The van der Waals surface area contributed by atoms with Gasteiger partial charge in [-0.1, -0.05) is 83.6 Å². The van der Waals surface area contributed by atoms with Gasteiger partial charge in [-0.05, 0) is 18.6 Å². The predicted octanol–water partition coefficient (Wildman–Crippen LogP) is 6.72. The summed E-state index contributed by atoms with van der Waals surface area (Å²) >= 11 is 0. The lowest BCUT2D eigenvalue weighted by molar-refractivity contribution is 0.0955. The summed E-state index contributed by atoms with van der Waals surface area (Å²) in [5.41, 5.74) is 1.54. The standard InChI is InChI=1S/C25H42N2O2/c1-4-6-7-8-9-10-11-12-13-14-15-16-20-26-22-17-18-23(24(21-22)29-3)25(28)27-19-5-2/h5,17-18,21,26H,2,4,6-16,19-20H2,1,3H3,(H,27,28). The molecule has 0 spiro atoms. The van der Waals surface area contributed by atoms with Gasteiger partial charge in [-0.25, -0.2) is 0 Å². The van der Waals surface area contributed by atoms with Crippen molar-refractivity contribution in [3.05, 3.63) is 36.4 Å². The van der Waals surface area contributed by atoms with Crippen LogP contribution in [-0.4, -0.2) is 26.1 Å². The largest absolute Gasteiger partial charge is 0.496 e. The molecule has 0 saturated carbocycles. The van der Waals surface area contributed by atoms with Crippen molar-refractivity contribution in [3.63, 3.8) is 0 Å². The number of hydrogen-bond donors (Lipinski definition) is 2. The van der Waals surface area contributed by atoms with Crippen molar-refractivity contribution in [1.29, 1.82) is 0 Å². The molecule has 0 radical (unpaired) electrons. The van der Waals surface area contributed by atoms with Crippen LogP contribution >= 0.6 is 0 Å². The third-order valence-corrected chi connectivity index (χ3v) is 5.21. The number of benzene rings is 1.